The first-order valence-corrected chi connectivity index (χ1v) is 6.70. The molecule has 88 valence electrons. The second-order valence-corrected chi connectivity index (χ2v) is 5.64. The van der Waals surface area contributed by atoms with Gasteiger partial charge in [0, 0.05) is 18.6 Å². The molecule has 0 amide bonds. The van der Waals surface area contributed by atoms with Gasteiger partial charge in [0.05, 0.1) is 0 Å². The molecule has 2 rings (SSSR count). The van der Waals surface area contributed by atoms with Crippen LogP contribution >= 0.6 is 0 Å². The molecule has 1 saturated carbocycles. The number of likely N-dealkylation sites (tertiary alicyclic amines) is 1. The molecule has 1 saturated heterocycles. The average Bonchev–Trinajstić information content (AvgIpc) is 2.24. The fourth-order valence-corrected chi connectivity index (χ4v) is 3.17. The van der Waals surface area contributed by atoms with Gasteiger partial charge in [-0.25, -0.2) is 0 Å². The number of rotatable bonds is 2. The average molecular weight is 210 g/mol. The molecule has 0 aromatic heterocycles. The van der Waals surface area contributed by atoms with Crippen LogP contribution in [0.15, 0.2) is 0 Å². The Labute approximate surface area is 94.4 Å². The molecular weight excluding hydrogens is 184 g/mol. The van der Waals surface area contributed by atoms with Crippen LogP contribution in [0.4, 0.5) is 0 Å². The summed E-state index contributed by atoms with van der Waals surface area (Å²) in [4.78, 5) is 2.46. The first-order valence-electron chi connectivity index (χ1n) is 6.70. The van der Waals surface area contributed by atoms with Gasteiger partial charge in [-0.2, -0.15) is 0 Å². The molecule has 1 aliphatic heterocycles. The van der Waals surface area contributed by atoms with Gasteiger partial charge in [-0.3, -0.25) is 0 Å². The van der Waals surface area contributed by atoms with Gasteiger partial charge in [-0.05, 0) is 38.8 Å². The van der Waals surface area contributed by atoms with Crippen molar-refractivity contribution in [3.63, 3.8) is 0 Å². The number of piperidine rings is 1. The van der Waals surface area contributed by atoms with Crippen LogP contribution in [0.1, 0.15) is 45.4 Å². The van der Waals surface area contributed by atoms with Gasteiger partial charge < -0.3 is 10.2 Å². The summed E-state index contributed by atoms with van der Waals surface area (Å²) in [5.41, 5.74) is 0. The van der Waals surface area contributed by atoms with Crippen molar-refractivity contribution >= 4 is 0 Å². The van der Waals surface area contributed by atoms with Crippen molar-refractivity contribution in [2.45, 2.75) is 57.5 Å². The molecule has 0 radical (unpaired) electrons. The molecule has 2 unspecified atom stereocenters. The van der Waals surface area contributed by atoms with Crippen LogP contribution in [0, 0.1) is 5.92 Å². The topological polar surface area (TPSA) is 15.3 Å². The molecule has 2 atom stereocenters. The highest BCUT2D eigenvalue weighted by Crippen LogP contribution is 2.21. The van der Waals surface area contributed by atoms with Crippen molar-refractivity contribution in [1.29, 1.82) is 0 Å². The van der Waals surface area contributed by atoms with E-state index in [2.05, 4.69) is 24.2 Å². The van der Waals surface area contributed by atoms with Crippen molar-refractivity contribution in [3.05, 3.63) is 0 Å². The van der Waals surface area contributed by atoms with Gasteiger partial charge in [0.25, 0.3) is 0 Å². The van der Waals surface area contributed by atoms with E-state index in [1.54, 1.807) is 0 Å². The first kappa shape index (κ1) is 11.4. The van der Waals surface area contributed by atoms with Crippen molar-refractivity contribution in [1.82, 2.24) is 10.2 Å². The maximum absolute atomic E-state index is 3.90. The summed E-state index contributed by atoms with van der Waals surface area (Å²) in [6, 6.07) is 1.61. The quantitative estimate of drug-likeness (QED) is 0.752. The standard InChI is InChI=1S/C13H26N2/c1-11-10-15(2)9-8-13(11)14-12-6-4-3-5-7-12/h11-14H,3-10H2,1-2H3. The van der Waals surface area contributed by atoms with Crippen LogP contribution in [0.25, 0.3) is 0 Å². The van der Waals surface area contributed by atoms with Crippen LogP contribution in [0.2, 0.25) is 0 Å². The van der Waals surface area contributed by atoms with E-state index in [0.29, 0.717) is 0 Å². The van der Waals surface area contributed by atoms with Crippen molar-refractivity contribution in [2.24, 2.45) is 5.92 Å². The zero-order valence-electron chi connectivity index (χ0n) is 10.3. The van der Waals surface area contributed by atoms with E-state index in [1.807, 2.05) is 0 Å². The largest absolute Gasteiger partial charge is 0.311 e. The fourth-order valence-electron chi connectivity index (χ4n) is 3.17. The number of hydrogen-bond donors (Lipinski definition) is 1. The van der Waals surface area contributed by atoms with E-state index in [-0.39, 0.29) is 0 Å². The van der Waals surface area contributed by atoms with E-state index in [0.717, 1.165) is 18.0 Å². The second-order valence-electron chi connectivity index (χ2n) is 5.64. The lowest BCUT2D eigenvalue weighted by Gasteiger charge is -2.38. The number of nitrogens with zero attached hydrogens (tertiary/aromatic N) is 1. The monoisotopic (exact) mass is 210 g/mol. The molecule has 0 aromatic carbocycles. The summed E-state index contributed by atoms with van der Waals surface area (Å²) in [6.07, 6.45) is 8.52. The predicted molar refractivity (Wildman–Crippen MR) is 65.1 cm³/mol. The van der Waals surface area contributed by atoms with Crippen molar-refractivity contribution < 1.29 is 0 Å². The molecule has 2 nitrogen and oxygen atoms in total. The zero-order chi connectivity index (χ0) is 10.7. The number of hydrogen-bond acceptors (Lipinski definition) is 2. The van der Waals surface area contributed by atoms with Gasteiger partial charge in [-0.15, -0.1) is 0 Å². The van der Waals surface area contributed by atoms with Gasteiger partial charge in [0.2, 0.25) is 0 Å². The van der Waals surface area contributed by atoms with Crippen molar-refractivity contribution in [2.75, 3.05) is 20.1 Å². The molecule has 1 N–H and O–H groups in total. The summed E-state index contributed by atoms with van der Waals surface area (Å²) < 4.78 is 0. The first-order chi connectivity index (χ1) is 7.25. The SMILES string of the molecule is CC1CN(C)CCC1NC1CCCCC1. The molecule has 0 spiro atoms. The van der Waals surface area contributed by atoms with Crippen molar-refractivity contribution in [3.8, 4) is 0 Å². The summed E-state index contributed by atoms with van der Waals surface area (Å²) >= 11 is 0. The maximum Gasteiger partial charge on any atom is 0.0120 e. The Balaban J connectivity index is 1.77. The third-order valence-electron chi connectivity index (χ3n) is 4.16. The molecule has 15 heavy (non-hydrogen) atoms. The van der Waals surface area contributed by atoms with E-state index in [4.69, 9.17) is 0 Å². The molecular formula is C13H26N2. The maximum atomic E-state index is 3.90. The Hall–Kier alpha value is -0.0800. The lowest BCUT2D eigenvalue weighted by molar-refractivity contribution is 0.159. The van der Waals surface area contributed by atoms with Crippen LogP contribution in [0.5, 0.6) is 0 Å². The van der Waals surface area contributed by atoms with Crippen LogP contribution in [-0.4, -0.2) is 37.1 Å². The van der Waals surface area contributed by atoms with E-state index < -0.39 is 0 Å². The summed E-state index contributed by atoms with van der Waals surface area (Å²) in [5.74, 6) is 0.825. The molecule has 0 bridgehead atoms. The van der Waals surface area contributed by atoms with Gasteiger partial charge in [-0.1, -0.05) is 26.2 Å². The minimum absolute atomic E-state index is 0.782. The normalized spacial score (nSPS) is 35.6. The lowest BCUT2D eigenvalue weighted by atomic mass is 9.90. The fraction of sp³-hybridized carbons (Fsp3) is 1.00. The third-order valence-corrected chi connectivity index (χ3v) is 4.16. The van der Waals surface area contributed by atoms with E-state index in [9.17, 15) is 0 Å². The predicted octanol–water partition coefficient (Wildman–Crippen LogP) is 2.25. The smallest absolute Gasteiger partial charge is 0.0120 e. The van der Waals surface area contributed by atoms with Gasteiger partial charge in [0.15, 0.2) is 0 Å². The zero-order valence-corrected chi connectivity index (χ0v) is 10.3. The second kappa shape index (κ2) is 5.31. The third kappa shape index (κ3) is 3.18. The van der Waals surface area contributed by atoms with E-state index >= 15 is 0 Å². The highest BCUT2D eigenvalue weighted by Gasteiger charge is 2.26. The van der Waals surface area contributed by atoms with Crippen LogP contribution < -0.4 is 5.32 Å². The van der Waals surface area contributed by atoms with E-state index in [1.165, 1.54) is 51.6 Å². The van der Waals surface area contributed by atoms with Gasteiger partial charge in [0.1, 0.15) is 0 Å². The summed E-state index contributed by atoms with van der Waals surface area (Å²) in [7, 11) is 2.24. The Bertz CT molecular complexity index is 187. The Morgan fingerprint density at radius 3 is 2.47 bits per heavy atom. The Morgan fingerprint density at radius 2 is 1.80 bits per heavy atom. The molecule has 2 fully saturated rings. The Kier molecular flexibility index (Phi) is 4.04. The molecule has 2 heteroatoms. The summed E-state index contributed by atoms with van der Waals surface area (Å²) in [5, 5.41) is 3.90. The van der Waals surface area contributed by atoms with Gasteiger partial charge >= 0.3 is 0 Å². The number of nitrogens with one attached hydrogen (secondary N) is 1. The molecule has 1 heterocycles. The molecule has 1 aliphatic carbocycles. The summed E-state index contributed by atoms with van der Waals surface area (Å²) in [6.45, 7) is 4.94. The Morgan fingerprint density at radius 1 is 1.07 bits per heavy atom. The highest BCUT2D eigenvalue weighted by atomic mass is 15.1. The minimum Gasteiger partial charge on any atom is -0.311 e. The molecule has 2 aliphatic rings. The lowest BCUT2D eigenvalue weighted by Crippen LogP contribution is -2.50. The van der Waals surface area contributed by atoms with Crippen LogP contribution in [-0.2, 0) is 0 Å². The van der Waals surface area contributed by atoms with Crippen LogP contribution in [0.3, 0.4) is 0 Å². The highest BCUT2D eigenvalue weighted by molar-refractivity contribution is 4.85. The minimum atomic E-state index is 0.782. The molecule has 0 aromatic rings.